The number of carbonyl (C=O) groups excluding carboxylic acids is 2. The summed E-state index contributed by atoms with van der Waals surface area (Å²) in [6, 6.07) is 16.7. The summed E-state index contributed by atoms with van der Waals surface area (Å²) >= 11 is 0. The topological polar surface area (TPSA) is 78.7 Å². The molecule has 3 amide bonds. The van der Waals surface area contributed by atoms with Crippen molar-refractivity contribution in [2.45, 2.75) is 13.0 Å². The predicted molar refractivity (Wildman–Crippen MR) is 92.3 cm³/mol. The number of hydrogen-bond donors (Lipinski definition) is 2. The number of likely N-dealkylation sites (tertiary alicyclic amines) is 1. The first kappa shape index (κ1) is 16.0. The molecule has 0 spiro atoms. The second kappa shape index (κ2) is 7.14. The molecule has 3 N–H and O–H groups in total. The van der Waals surface area contributed by atoms with Gasteiger partial charge in [0.1, 0.15) is 0 Å². The number of nitrogen functional groups attached to an aromatic ring is 1. The Morgan fingerprint density at radius 1 is 1.04 bits per heavy atom. The minimum Gasteiger partial charge on any atom is -0.324 e. The van der Waals surface area contributed by atoms with Gasteiger partial charge in [0.25, 0.3) is 5.91 Å². The zero-order valence-electron chi connectivity index (χ0n) is 13.3. The Morgan fingerprint density at radius 2 is 1.71 bits per heavy atom. The first-order valence-electron chi connectivity index (χ1n) is 7.90. The summed E-state index contributed by atoms with van der Waals surface area (Å²) in [5.74, 6) is 4.80. The highest BCUT2D eigenvalue weighted by Gasteiger charge is 2.26. The highest BCUT2D eigenvalue weighted by molar-refractivity contribution is 5.94. The molecule has 2 aromatic carbocycles. The van der Waals surface area contributed by atoms with Crippen molar-refractivity contribution >= 4 is 17.6 Å². The van der Waals surface area contributed by atoms with Gasteiger partial charge in [-0.1, -0.05) is 30.3 Å². The van der Waals surface area contributed by atoms with Crippen molar-refractivity contribution < 1.29 is 9.59 Å². The first-order valence-corrected chi connectivity index (χ1v) is 7.90. The molecule has 0 bridgehead atoms. The van der Waals surface area contributed by atoms with Gasteiger partial charge in [0.15, 0.2) is 0 Å². The lowest BCUT2D eigenvalue weighted by Gasteiger charge is -2.36. The van der Waals surface area contributed by atoms with Gasteiger partial charge in [-0.2, -0.15) is 0 Å². The first-order chi connectivity index (χ1) is 11.7. The van der Waals surface area contributed by atoms with E-state index in [4.69, 9.17) is 5.84 Å². The van der Waals surface area contributed by atoms with E-state index < -0.39 is 0 Å². The number of benzene rings is 2. The van der Waals surface area contributed by atoms with Gasteiger partial charge in [0.05, 0.1) is 6.54 Å². The summed E-state index contributed by atoms with van der Waals surface area (Å²) in [6.07, 6.45) is 1.05. The van der Waals surface area contributed by atoms with Crippen LogP contribution in [0.5, 0.6) is 0 Å². The molecular formula is C18H20N4O2. The highest BCUT2D eigenvalue weighted by atomic mass is 16.2. The quantitative estimate of drug-likeness (QED) is 0.514. The van der Waals surface area contributed by atoms with Crippen LogP contribution in [0.4, 0.5) is 10.5 Å². The smallest absolute Gasteiger partial charge is 0.324 e. The van der Waals surface area contributed by atoms with E-state index in [0.717, 1.165) is 30.8 Å². The van der Waals surface area contributed by atoms with Gasteiger partial charge in [-0.15, -0.1) is 0 Å². The molecule has 0 saturated carbocycles. The lowest BCUT2D eigenvalue weighted by Crippen LogP contribution is -2.49. The average molecular weight is 324 g/mol. The summed E-state index contributed by atoms with van der Waals surface area (Å²) in [5.41, 5.74) is 4.40. The van der Waals surface area contributed by atoms with Crippen molar-refractivity contribution in [3.8, 4) is 0 Å². The fourth-order valence-electron chi connectivity index (χ4n) is 2.58. The van der Waals surface area contributed by atoms with E-state index in [2.05, 4.69) is 5.43 Å². The number of anilines is 1. The Morgan fingerprint density at radius 3 is 2.25 bits per heavy atom. The maximum Gasteiger partial charge on any atom is 0.324 e. The van der Waals surface area contributed by atoms with Crippen molar-refractivity contribution in [1.29, 1.82) is 0 Å². The number of hydrazine groups is 1. The van der Waals surface area contributed by atoms with Crippen molar-refractivity contribution in [1.82, 2.24) is 10.3 Å². The molecule has 6 nitrogen and oxygen atoms in total. The summed E-state index contributed by atoms with van der Waals surface area (Å²) in [4.78, 5) is 27.8. The molecular weight excluding hydrogens is 304 g/mol. The SMILES string of the molecule is NNC(=O)c1ccc(CN(C(=O)N2CCC2)c2ccccc2)cc1. The molecule has 1 fully saturated rings. The summed E-state index contributed by atoms with van der Waals surface area (Å²) in [7, 11) is 0. The Bertz CT molecular complexity index is 712. The Balaban J connectivity index is 1.81. The van der Waals surface area contributed by atoms with E-state index in [1.165, 1.54) is 0 Å². The molecule has 3 rings (SSSR count). The van der Waals surface area contributed by atoms with E-state index in [1.807, 2.05) is 47.4 Å². The van der Waals surface area contributed by atoms with Gasteiger partial charge < -0.3 is 4.90 Å². The number of amides is 3. The Hall–Kier alpha value is -2.86. The van der Waals surface area contributed by atoms with Crippen LogP contribution < -0.4 is 16.2 Å². The number of nitrogens with zero attached hydrogens (tertiary/aromatic N) is 2. The predicted octanol–water partition coefficient (Wildman–Crippen LogP) is 2.12. The third kappa shape index (κ3) is 3.38. The summed E-state index contributed by atoms with van der Waals surface area (Å²) < 4.78 is 0. The van der Waals surface area contributed by atoms with Crippen LogP contribution in [-0.4, -0.2) is 29.9 Å². The van der Waals surface area contributed by atoms with Gasteiger partial charge in [-0.3, -0.25) is 15.1 Å². The van der Waals surface area contributed by atoms with Crippen LogP contribution in [-0.2, 0) is 6.54 Å². The van der Waals surface area contributed by atoms with E-state index >= 15 is 0 Å². The van der Waals surface area contributed by atoms with Crippen molar-refractivity contribution in [3.05, 3.63) is 65.7 Å². The normalized spacial score (nSPS) is 13.1. The molecule has 2 aromatic rings. The lowest BCUT2D eigenvalue weighted by molar-refractivity contribution is 0.0953. The number of nitrogens with one attached hydrogen (secondary N) is 1. The minimum atomic E-state index is -0.335. The highest BCUT2D eigenvalue weighted by Crippen LogP contribution is 2.21. The third-order valence-corrected chi connectivity index (χ3v) is 4.11. The average Bonchev–Trinajstić information content (AvgIpc) is 2.58. The molecule has 6 heteroatoms. The molecule has 24 heavy (non-hydrogen) atoms. The number of rotatable bonds is 4. The Kier molecular flexibility index (Phi) is 4.77. The van der Waals surface area contributed by atoms with E-state index in [-0.39, 0.29) is 11.9 Å². The number of carbonyl (C=O) groups is 2. The Labute approximate surface area is 140 Å². The maximum atomic E-state index is 12.7. The van der Waals surface area contributed by atoms with Gasteiger partial charge in [0, 0.05) is 24.3 Å². The van der Waals surface area contributed by atoms with Crippen LogP contribution in [0, 0.1) is 0 Å². The van der Waals surface area contributed by atoms with Crippen LogP contribution in [0.2, 0.25) is 0 Å². The third-order valence-electron chi connectivity index (χ3n) is 4.11. The molecule has 0 atom stereocenters. The van der Waals surface area contributed by atoms with Gasteiger partial charge in [-0.25, -0.2) is 10.6 Å². The fourth-order valence-corrected chi connectivity index (χ4v) is 2.58. The van der Waals surface area contributed by atoms with Crippen molar-refractivity contribution in [2.75, 3.05) is 18.0 Å². The minimum absolute atomic E-state index is 0.0104. The maximum absolute atomic E-state index is 12.7. The molecule has 124 valence electrons. The largest absolute Gasteiger partial charge is 0.324 e. The van der Waals surface area contributed by atoms with Crippen molar-refractivity contribution in [2.24, 2.45) is 5.84 Å². The van der Waals surface area contributed by atoms with Crippen LogP contribution >= 0.6 is 0 Å². The van der Waals surface area contributed by atoms with Crippen molar-refractivity contribution in [3.63, 3.8) is 0 Å². The summed E-state index contributed by atoms with van der Waals surface area (Å²) in [6.45, 7) is 2.05. The zero-order valence-corrected chi connectivity index (χ0v) is 13.3. The molecule has 0 radical (unpaired) electrons. The molecule has 1 saturated heterocycles. The molecule has 1 aliphatic heterocycles. The molecule has 0 aromatic heterocycles. The van der Waals surface area contributed by atoms with Gasteiger partial charge in [0.2, 0.25) is 0 Å². The van der Waals surface area contributed by atoms with Crippen LogP contribution in [0.3, 0.4) is 0 Å². The molecule has 1 aliphatic rings. The lowest BCUT2D eigenvalue weighted by atomic mass is 10.1. The summed E-state index contributed by atoms with van der Waals surface area (Å²) in [5, 5.41) is 0. The van der Waals surface area contributed by atoms with Gasteiger partial charge in [-0.05, 0) is 36.2 Å². The number of nitrogens with two attached hydrogens (primary N) is 1. The van der Waals surface area contributed by atoms with E-state index in [1.54, 1.807) is 17.0 Å². The standard InChI is InChI=1S/C18H20N4O2/c19-20-17(23)15-9-7-14(8-10-15)13-22(16-5-2-1-3-6-16)18(24)21-11-4-12-21/h1-3,5-10H,4,11-13,19H2,(H,20,23). The number of urea groups is 1. The zero-order chi connectivity index (χ0) is 16.9. The van der Waals surface area contributed by atoms with E-state index in [0.29, 0.717) is 12.1 Å². The molecule has 1 heterocycles. The second-order valence-electron chi connectivity index (χ2n) is 5.72. The second-order valence-corrected chi connectivity index (χ2v) is 5.72. The van der Waals surface area contributed by atoms with Crippen LogP contribution in [0.1, 0.15) is 22.3 Å². The number of hydrogen-bond acceptors (Lipinski definition) is 3. The van der Waals surface area contributed by atoms with Gasteiger partial charge >= 0.3 is 6.03 Å². The van der Waals surface area contributed by atoms with E-state index in [9.17, 15) is 9.59 Å². The molecule has 0 unspecified atom stereocenters. The fraction of sp³-hybridized carbons (Fsp3) is 0.222. The number of para-hydroxylation sites is 1. The monoisotopic (exact) mass is 324 g/mol. The van der Waals surface area contributed by atoms with Crippen LogP contribution in [0.15, 0.2) is 54.6 Å². The molecule has 0 aliphatic carbocycles. The van der Waals surface area contributed by atoms with Crippen LogP contribution in [0.25, 0.3) is 0 Å².